The van der Waals surface area contributed by atoms with Gasteiger partial charge < -0.3 is 20.6 Å². The van der Waals surface area contributed by atoms with Gasteiger partial charge in [0.05, 0.1) is 17.8 Å². The summed E-state index contributed by atoms with van der Waals surface area (Å²) in [6, 6.07) is 16.7. The Hall–Kier alpha value is -3.55. The van der Waals surface area contributed by atoms with Gasteiger partial charge in [-0.05, 0) is 66.1 Å². The molecule has 208 valence electrons. The van der Waals surface area contributed by atoms with Gasteiger partial charge in [-0.25, -0.2) is 5.84 Å². The molecule has 1 aliphatic rings. The van der Waals surface area contributed by atoms with E-state index in [1.54, 1.807) is 12.1 Å². The van der Waals surface area contributed by atoms with Crippen molar-refractivity contribution in [3.63, 3.8) is 0 Å². The Morgan fingerprint density at radius 2 is 1.90 bits per heavy atom. The third-order valence-corrected chi connectivity index (χ3v) is 7.96. The number of fused-ring (bicyclic) bond motifs is 1. The number of nitrogens with zero attached hydrogens (tertiary/aromatic N) is 2. The van der Waals surface area contributed by atoms with Gasteiger partial charge in [-0.3, -0.25) is 9.69 Å². The van der Waals surface area contributed by atoms with Gasteiger partial charge in [0.2, 0.25) is 0 Å². The second-order valence-electron chi connectivity index (χ2n) is 10.7. The zero-order chi connectivity index (χ0) is 28.3. The van der Waals surface area contributed by atoms with Crippen molar-refractivity contribution < 1.29 is 14.6 Å². The van der Waals surface area contributed by atoms with Crippen LogP contribution in [-0.2, 0) is 24.3 Å². The Balaban J connectivity index is 1.73. The van der Waals surface area contributed by atoms with Crippen LogP contribution in [0, 0.1) is 13.8 Å². The first-order valence-electron chi connectivity index (χ1n) is 13.8. The minimum atomic E-state index is -0.842. The number of nitrogen functional groups attached to an aromatic ring is 1. The number of hydrogen-bond donors (Lipinski definition) is 3. The van der Waals surface area contributed by atoms with E-state index in [1.807, 2.05) is 13.0 Å². The Morgan fingerprint density at radius 1 is 1.15 bits per heavy atom. The first-order valence-corrected chi connectivity index (χ1v) is 13.8. The first-order chi connectivity index (χ1) is 18.6. The fourth-order valence-electron chi connectivity index (χ4n) is 5.71. The van der Waals surface area contributed by atoms with Crippen LogP contribution in [0.5, 0.6) is 5.75 Å². The molecule has 0 saturated carbocycles. The summed E-state index contributed by atoms with van der Waals surface area (Å²) in [7, 11) is 1.78. The number of carboxylic acid groups (broad SMARTS) is 1. The summed E-state index contributed by atoms with van der Waals surface area (Å²) < 4.78 is 6.31. The van der Waals surface area contributed by atoms with Crippen LogP contribution >= 0.6 is 0 Å². The number of carbonyl (C=O) groups is 1. The third-order valence-electron chi connectivity index (χ3n) is 7.96. The summed E-state index contributed by atoms with van der Waals surface area (Å²) >= 11 is 0. The average Bonchev–Trinajstić information content (AvgIpc) is 3.08. The SMILES string of the molecule is CCc1cc(C(CC(=O)O)c2ccc(C)c(CN3Cc4ccccc4OC(CC)C3)c2)c(C)c(N)c1N(C)N. The molecule has 2 atom stereocenters. The number of anilines is 2. The predicted octanol–water partition coefficient (Wildman–Crippen LogP) is 5.54. The van der Waals surface area contributed by atoms with Crippen molar-refractivity contribution in [3.05, 3.63) is 87.5 Å². The van der Waals surface area contributed by atoms with Gasteiger partial charge in [-0.15, -0.1) is 0 Å². The lowest BCUT2D eigenvalue weighted by molar-refractivity contribution is -0.137. The van der Waals surface area contributed by atoms with Crippen molar-refractivity contribution in [1.29, 1.82) is 0 Å². The van der Waals surface area contributed by atoms with E-state index in [4.69, 9.17) is 16.3 Å². The minimum absolute atomic E-state index is 0.0212. The van der Waals surface area contributed by atoms with Crippen LogP contribution in [0.25, 0.3) is 0 Å². The number of para-hydroxylation sites is 1. The van der Waals surface area contributed by atoms with Gasteiger partial charge in [0.25, 0.3) is 0 Å². The maximum Gasteiger partial charge on any atom is 0.304 e. The van der Waals surface area contributed by atoms with E-state index in [9.17, 15) is 9.90 Å². The molecule has 0 amide bonds. The normalized spacial score (nSPS) is 16.2. The fraction of sp³-hybridized carbons (Fsp3) is 0.406. The van der Waals surface area contributed by atoms with Crippen molar-refractivity contribution in [3.8, 4) is 5.75 Å². The number of nitrogens with two attached hydrogens (primary N) is 2. The minimum Gasteiger partial charge on any atom is -0.489 e. The molecule has 3 aromatic rings. The summed E-state index contributed by atoms with van der Waals surface area (Å²) in [5, 5.41) is 11.5. The molecule has 3 aromatic carbocycles. The number of hydrazine groups is 1. The quantitative estimate of drug-likeness (QED) is 0.190. The van der Waals surface area contributed by atoms with E-state index in [2.05, 4.69) is 68.1 Å². The molecule has 0 aliphatic carbocycles. The highest BCUT2D eigenvalue weighted by Gasteiger charge is 2.26. The van der Waals surface area contributed by atoms with Crippen LogP contribution in [0.15, 0.2) is 48.5 Å². The zero-order valence-corrected chi connectivity index (χ0v) is 23.8. The van der Waals surface area contributed by atoms with Crippen LogP contribution in [-0.4, -0.2) is 35.7 Å². The summed E-state index contributed by atoms with van der Waals surface area (Å²) in [6.45, 7) is 10.7. The number of aliphatic carboxylic acids is 1. The highest BCUT2D eigenvalue weighted by Crippen LogP contribution is 2.39. The number of aryl methyl sites for hydroxylation is 2. The lowest BCUT2D eigenvalue weighted by Crippen LogP contribution is -2.32. The van der Waals surface area contributed by atoms with Crippen molar-refractivity contribution in [2.24, 2.45) is 5.84 Å². The Kier molecular flexibility index (Phi) is 8.83. The molecular formula is C32H42N4O3. The van der Waals surface area contributed by atoms with Crippen molar-refractivity contribution in [1.82, 2.24) is 4.90 Å². The van der Waals surface area contributed by atoms with Crippen molar-refractivity contribution in [2.45, 2.75) is 72.1 Å². The van der Waals surface area contributed by atoms with Crippen LogP contribution in [0.4, 0.5) is 11.4 Å². The molecule has 1 heterocycles. The van der Waals surface area contributed by atoms with E-state index in [0.717, 1.165) is 66.2 Å². The largest absolute Gasteiger partial charge is 0.489 e. The fourth-order valence-corrected chi connectivity index (χ4v) is 5.71. The lowest BCUT2D eigenvalue weighted by Gasteiger charge is -2.27. The summed E-state index contributed by atoms with van der Waals surface area (Å²) in [6.07, 6.45) is 1.77. The molecule has 0 bridgehead atoms. The van der Waals surface area contributed by atoms with Gasteiger partial charge >= 0.3 is 5.97 Å². The molecule has 39 heavy (non-hydrogen) atoms. The molecule has 0 spiro atoms. The van der Waals surface area contributed by atoms with Crippen LogP contribution < -0.4 is 21.3 Å². The van der Waals surface area contributed by atoms with E-state index in [1.165, 1.54) is 16.7 Å². The maximum absolute atomic E-state index is 12.1. The second kappa shape index (κ2) is 12.1. The van der Waals surface area contributed by atoms with Gasteiger partial charge in [0.15, 0.2) is 0 Å². The van der Waals surface area contributed by atoms with Gasteiger partial charge in [0.1, 0.15) is 11.9 Å². The van der Waals surface area contributed by atoms with Gasteiger partial charge in [-0.1, -0.05) is 56.3 Å². The highest BCUT2D eigenvalue weighted by atomic mass is 16.5. The van der Waals surface area contributed by atoms with Crippen LogP contribution in [0.1, 0.15) is 71.6 Å². The van der Waals surface area contributed by atoms with E-state index in [0.29, 0.717) is 5.69 Å². The molecule has 7 nitrogen and oxygen atoms in total. The molecule has 0 radical (unpaired) electrons. The van der Waals surface area contributed by atoms with Gasteiger partial charge in [0, 0.05) is 38.2 Å². The second-order valence-corrected chi connectivity index (χ2v) is 10.7. The molecule has 5 N–H and O–H groups in total. The van der Waals surface area contributed by atoms with E-state index >= 15 is 0 Å². The van der Waals surface area contributed by atoms with E-state index < -0.39 is 5.97 Å². The zero-order valence-electron chi connectivity index (χ0n) is 23.8. The van der Waals surface area contributed by atoms with Gasteiger partial charge in [-0.2, -0.15) is 0 Å². The Labute approximate surface area is 232 Å². The molecule has 2 unspecified atom stereocenters. The Bertz CT molecular complexity index is 1340. The van der Waals surface area contributed by atoms with Crippen molar-refractivity contribution >= 4 is 17.3 Å². The molecular weight excluding hydrogens is 488 g/mol. The summed E-state index contributed by atoms with van der Waals surface area (Å²) in [4.78, 5) is 14.5. The number of ether oxygens (including phenoxy) is 1. The third kappa shape index (κ3) is 6.21. The lowest BCUT2D eigenvalue weighted by atomic mass is 9.82. The molecule has 0 fully saturated rings. The van der Waals surface area contributed by atoms with E-state index in [-0.39, 0.29) is 18.4 Å². The Morgan fingerprint density at radius 3 is 2.56 bits per heavy atom. The molecule has 0 aromatic heterocycles. The summed E-state index contributed by atoms with van der Waals surface area (Å²) in [5.41, 5.74) is 15.3. The number of benzene rings is 3. The molecule has 4 rings (SSSR count). The number of hydrogen-bond acceptors (Lipinski definition) is 6. The van der Waals surface area contributed by atoms with Crippen LogP contribution in [0.2, 0.25) is 0 Å². The molecule has 7 heteroatoms. The summed E-state index contributed by atoms with van der Waals surface area (Å²) in [5.74, 6) is 5.90. The topological polar surface area (TPSA) is 105 Å². The van der Waals surface area contributed by atoms with Crippen molar-refractivity contribution in [2.75, 3.05) is 24.3 Å². The maximum atomic E-state index is 12.1. The monoisotopic (exact) mass is 530 g/mol. The number of rotatable bonds is 9. The number of carboxylic acids is 1. The molecule has 1 aliphatic heterocycles. The first kappa shape index (κ1) is 28.5. The standard InChI is InChI=1S/C32H42N4O3/c1-6-22-15-27(21(4)31(33)32(22)35(5)34)28(16-30(37)38)23-13-12-20(3)25(14-23)18-36-17-24-10-8-9-11-29(24)39-26(7-2)19-36/h8-15,26,28H,6-7,16-19,33-34H2,1-5H3,(H,37,38). The van der Waals surface area contributed by atoms with Crippen LogP contribution in [0.3, 0.4) is 0 Å². The highest BCUT2D eigenvalue weighted by molar-refractivity contribution is 5.77. The average molecular weight is 531 g/mol. The smallest absolute Gasteiger partial charge is 0.304 e. The molecule has 0 saturated heterocycles. The predicted molar refractivity (Wildman–Crippen MR) is 158 cm³/mol.